The SMILES string of the molecule is c1ccc(-n2c3ccccc3c3ccccc32)c(-c2cnccc2-c2nccc3c2oc2ccccc23)c1. The number of fused-ring (bicyclic) bond motifs is 6. The Hall–Kier alpha value is -5.22. The van der Waals surface area contributed by atoms with Gasteiger partial charge in [-0.25, -0.2) is 0 Å². The van der Waals surface area contributed by atoms with Gasteiger partial charge < -0.3 is 8.98 Å². The molecule has 4 heterocycles. The van der Waals surface area contributed by atoms with Crippen LogP contribution in [0.25, 0.3) is 71.8 Å². The Kier molecular flexibility index (Phi) is 4.49. The Morgan fingerprint density at radius 3 is 2.03 bits per heavy atom. The summed E-state index contributed by atoms with van der Waals surface area (Å²) in [6, 6.07) is 37.9. The van der Waals surface area contributed by atoms with Gasteiger partial charge in [0.15, 0.2) is 5.58 Å². The van der Waals surface area contributed by atoms with E-state index in [-0.39, 0.29) is 0 Å². The molecule has 4 heteroatoms. The number of rotatable bonds is 3. The molecule has 0 aliphatic heterocycles. The Morgan fingerprint density at radius 1 is 0.526 bits per heavy atom. The van der Waals surface area contributed by atoms with Gasteiger partial charge in [-0.1, -0.05) is 72.8 Å². The van der Waals surface area contributed by atoms with E-state index < -0.39 is 0 Å². The molecule has 0 bridgehead atoms. The van der Waals surface area contributed by atoms with Crippen LogP contribution in [-0.2, 0) is 0 Å². The van der Waals surface area contributed by atoms with E-state index >= 15 is 0 Å². The molecule has 4 aromatic heterocycles. The van der Waals surface area contributed by atoms with E-state index in [0.29, 0.717) is 0 Å². The maximum Gasteiger partial charge on any atom is 0.161 e. The first-order valence-electron chi connectivity index (χ1n) is 12.7. The van der Waals surface area contributed by atoms with Gasteiger partial charge >= 0.3 is 0 Å². The van der Waals surface area contributed by atoms with E-state index in [0.717, 1.165) is 50.0 Å². The van der Waals surface area contributed by atoms with Gasteiger partial charge in [0.05, 0.1) is 16.7 Å². The van der Waals surface area contributed by atoms with Crippen molar-refractivity contribution in [3.8, 4) is 28.1 Å². The van der Waals surface area contributed by atoms with Gasteiger partial charge in [0.1, 0.15) is 11.3 Å². The lowest BCUT2D eigenvalue weighted by atomic mass is 9.97. The van der Waals surface area contributed by atoms with Gasteiger partial charge in [0.25, 0.3) is 0 Å². The summed E-state index contributed by atoms with van der Waals surface area (Å²) in [6.45, 7) is 0. The molecule has 0 aliphatic rings. The second-order valence-electron chi connectivity index (χ2n) is 9.44. The van der Waals surface area contributed by atoms with Crippen LogP contribution < -0.4 is 0 Å². The number of hydrogen-bond donors (Lipinski definition) is 0. The van der Waals surface area contributed by atoms with Crippen molar-refractivity contribution >= 4 is 43.7 Å². The molecule has 0 amide bonds. The average molecular weight is 488 g/mol. The van der Waals surface area contributed by atoms with E-state index in [1.165, 1.54) is 21.8 Å². The quantitative estimate of drug-likeness (QED) is 0.250. The first-order chi connectivity index (χ1) is 18.9. The number of hydrogen-bond acceptors (Lipinski definition) is 3. The zero-order valence-electron chi connectivity index (χ0n) is 20.4. The van der Waals surface area contributed by atoms with Crippen molar-refractivity contribution in [2.24, 2.45) is 0 Å². The van der Waals surface area contributed by atoms with Gasteiger partial charge in [-0.15, -0.1) is 0 Å². The zero-order chi connectivity index (χ0) is 25.1. The third-order valence-corrected chi connectivity index (χ3v) is 7.39. The van der Waals surface area contributed by atoms with Gasteiger partial charge in [0, 0.05) is 56.8 Å². The van der Waals surface area contributed by atoms with Crippen LogP contribution in [0, 0.1) is 0 Å². The molecule has 0 N–H and O–H groups in total. The van der Waals surface area contributed by atoms with Crippen LogP contribution in [0.2, 0.25) is 0 Å². The highest BCUT2D eigenvalue weighted by Gasteiger charge is 2.20. The summed E-state index contributed by atoms with van der Waals surface area (Å²) in [4.78, 5) is 9.37. The molecule has 0 atom stereocenters. The van der Waals surface area contributed by atoms with Gasteiger partial charge in [-0.05, 0) is 36.4 Å². The lowest BCUT2D eigenvalue weighted by molar-refractivity contribution is 0.668. The van der Waals surface area contributed by atoms with Crippen LogP contribution in [0.1, 0.15) is 0 Å². The van der Waals surface area contributed by atoms with Crippen molar-refractivity contribution in [3.63, 3.8) is 0 Å². The lowest BCUT2D eigenvalue weighted by Crippen LogP contribution is -1.98. The summed E-state index contributed by atoms with van der Waals surface area (Å²) < 4.78 is 8.71. The number of pyridine rings is 2. The Balaban J connectivity index is 1.43. The van der Waals surface area contributed by atoms with Crippen LogP contribution in [0.4, 0.5) is 0 Å². The highest BCUT2D eigenvalue weighted by molar-refractivity contribution is 6.11. The van der Waals surface area contributed by atoms with E-state index in [2.05, 4.69) is 88.4 Å². The molecular formula is C34H21N3O. The summed E-state index contributed by atoms with van der Waals surface area (Å²) in [5.74, 6) is 0. The minimum atomic E-state index is 0.787. The van der Waals surface area contributed by atoms with Crippen LogP contribution in [0.5, 0.6) is 0 Å². The number of furan rings is 1. The second kappa shape index (κ2) is 8.15. The Labute approximate surface area is 218 Å². The molecule has 4 nitrogen and oxygen atoms in total. The molecule has 178 valence electrons. The highest BCUT2D eigenvalue weighted by Crippen LogP contribution is 2.41. The monoisotopic (exact) mass is 487 g/mol. The van der Waals surface area contributed by atoms with Gasteiger partial charge in [-0.2, -0.15) is 0 Å². The summed E-state index contributed by atoms with van der Waals surface area (Å²) >= 11 is 0. The fourth-order valence-electron chi connectivity index (χ4n) is 5.74. The van der Waals surface area contributed by atoms with Crippen LogP contribution in [-0.4, -0.2) is 14.5 Å². The predicted molar refractivity (Wildman–Crippen MR) is 155 cm³/mol. The first-order valence-corrected chi connectivity index (χ1v) is 12.7. The number of benzene rings is 4. The largest absolute Gasteiger partial charge is 0.454 e. The standard InChI is InChI=1S/C34H21N3O/c1-5-13-29-22(9-1)23-10-2-6-14-30(23)37(29)31-15-7-3-11-24(31)28-21-35-19-17-26(28)33-34-27(18-20-36-33)25-12-4-8-16-32(25)38-34/h1-21H. The molecule has 0 saturated carbocycles. The minimum absolute atomic E-state index is 0.787. The number of aromatic nitrogens is 3. The molecule has 0 unspecified atom stereocenters. The summed E-state index contributed by atoms with van der Waals surface area (Å²) in [5.41, 5.74) is 8.96. The van der Waals surface area contributed by atoms with Crippen molar-refractivity contribution in [2.75, 3.05) is 0 Å². The maximum atomic E-state index is 6.36. The minimum Gasteiger partial charge on any atom is -0.454 e. The van der Waals surface area contributed by atoms with Gasteiger partial charge in [0.2, 0.25) is 0 Å². The summed E-state index contributed by atoms with van der Waals surface area (Å²) in [6.07, 6.45) is 5.62. The number of para-hydroxylation sites is 4. The van der Waals surface area contributed by atoms with Crippen molar-refractivity contribution in [1.82, 2.24) is 14.5 Å². The predicted octanol–water partition coefficient (Wildman–Crippen LogP) is 8.81. The average Bonchev–Trinajstić information content (AvgIpc) is 3.53. The van der Waals surface area contributed by atoms with E-state index in [1.807, 2.05) is 48.9 Å². The van der Waals surface area contributed by atoms with Crippen molar-refractivity contribution < 1.29 is 4.42 Å². The van der Waals surface area contributed by atoms with E-state index in [9.17, 15) is 0 Å². The lowest BCUT2D eigenvalue weighted by Gasteiger charge is -2.16. The molecule has 0 fully saturated rings. The molecule has 38 heavy (non-hydrogen) atoms. The topological polar surface area (TPSA) is 43.9 Å². The molecule has 0 radical (unpaired) electrons. The van der Waals surface area contributed by atoms with Crippen LogP contribution in [0.3, 0.4) is 0 Å². The van der Waals surface area contributed by atoms with Crippen LogP contribution in [0.15, 0.2) is 132 Å². The highest BCUT2D eigenvalue weighted by atomic mass is 16.3. The third-order valence-electron chi connectivity index (χ3n) is 7.39. The molecule has 0 saturated heterocycles. The van der Waals surface area contributed by atoms with E-state index in [1.54, 1.807) is 0 Å². The molecule has 4 aromatic carbocycles. The second-order valence-corrected chi connectivity index (χ2v) is 9.44. The number of nitrogens with zero attached hydrogens (tertiary/aromatic N) is 3. The normalized spacial score (nSPS) is 11.7. The maximum absolute atomic E-state index is 6.36. The molecule has 8 aromatic rings. The van der Waals surface area contributed by atoms with Crippen LogP contribution >= 0.6 is 0 Å². The fourth-order valence-corrected chi connectivity index (χ4v) is 5.74. The summed E-state index contributed by atoms with van der Waals surface area (Å²) in [5, 5.41) is 4.62. The Bertz CT molecular complexity index is 2100. The first kappa shape index (κ1) is 20.9. The molecular weight excluding hydrogens is 466 g/mol. The van der Waals surface area contributed by atoms with Crippen molar-refractivity contribution in [1.29, 1.82) is 0 Å². The molecule has 8 rings (SSSR count). The third kappa shape index (κ3) is 2.98. The molecule has 0 spiro atoms. The zero-order valence-corrected chi connectivity index (χ0v) is 20.4. The Morgan fingerprint density at radius 2 is 1.21 bits per heavy atom. The van der Waals surface area contributed by atoms with Crippen molar-refractivity contribution in [2.45, 2.75) is 0 Å². The van der Waals surface area contributed by atoms with Gasteiger partial charge in [-0.3, -0.25) is 9.97 Å². The molecule has 0 aliphatic carbocycles. The van der Waals surface area contributed by atoms with Crippen molar-refractivity contribution in [3.05, 3.63) is 128 Å². The smallest absolute Gasteiger partial charge is 0.161 e. The fraction of sp³-hybridized carbons (Fsp3) is 0. The van der Waals surface area contributed by atoms with E-state index in [4.69, 9.17) is 9.40 Å². The summed E-state index contributed by atoms with van der Waals surface area (Å²) in [7, 11) is 0.